The summed E-state index contributed by atoms with van der Waals surface area (Å²) >= 11 is 0. The minimum absolute atomic E-state index is 0.0376. The molecule has 0 spiro atoms. The lowest BCUT2D eigenvalue weighted by molar-refractivity contribution is -0.140. The first kappa shape index (κ1) is 15.4. The monoisotopic (exact) mass is 257 g/mol. The fourth-order valence-corrected chi connectivity index (χ4v) is 4.03. The molecule has 4 heteroatoms. The van der Waals surface area contributed by atoms with Crippen molar-refractivity contribution in [2.24, 2.45) is 10.8 Å². The maximum absolute atomic E-state index is 10.4. The van der Waals surface area contributed by atoms with E-state index >= 15 is 0 Å². The highest BCUT2D eigenvalue weighted by atomic mass is 16.6. The number of hydrogen-bond acceptors (Lipinski definition) is 3. The molecule has 4 nitrogen and oxygen atoms in total. The Labute approximate surface area is 110 Å². The minimum atomic E-state index is -0.828. The lowest BCUT2D eigenvalue weighted by Crippen LogP contribution is -2.53. The van der Waals surface area contributed by atoms with Gasteiger partial charge in [-0.15, -0.1) is 0 Å². The molecule has 1 fully saturated rings. The van der Waals surface area contributed by atoms with Crippen LogP contribution in [0.4, 0.5) is 0 Å². The van der Waals surface area contributed by atoms with Crippen LogP contribution in [-0.2, 0) is 9.63 Å². The zero-order valence-electron chi connectivity index (χ0n) is 12.3. The van der Waals surface area contributed by atoms with E-state index < -0.39 is 5.97 Å². The topological polar surface area (TPSA) is 58.6 Å². The summed E-state index contributed by atoms with van der Waals surface area (Å²) in [5.41, 5.74) is 3.58. The molecule has 0 aromatic heterocycles. The van der Waals surface area contributed by atoms with Crippen LogP contribution in [0.15, 0.2) is 0 Å². The van der Waals surface area contributed by atoms with Gasteiger partial charge in [0.2, 0.25) is 0 Å². The van der Waals surface area contributed by atoms with Gasteiger partial charge in [0.15, 0.2) is 0 Å². The summed E-state index contributed by atoms with van der Waals surface area (Å²) in [4.78, 5) is 15.8. The van der Waals surface area contributed by atoms with Gasteiger partial charge >= 0.3 is 5.97 Å². The average molecular weight is 257 g/mol. The van der Waals surface area contributed by atoms with Gasteiger partial charge in [0.05, 0.1) is 13.0 Å². The third kappa shape index (κ3) is 4.94. The molecule has 1 saturated carbocycles. The molecular formula is C14H27NO3. The second-order valence-electron chi connectivity index (χ2n) is 7.51. The summed E-state index contributed by atoms with van der Waals surface area (Å²) < 4.78 is 0. The molecule has 0 aliphatic heterocycles. The van der Waals surface area contributed by atoms with Crippen molar-refractivity contribution in [1.29, 1.82) is 0 Å². The Bertz CT molecular complexity index is 294. The van der Waals surface area contributed by atoms with Gasteiger partial charge in [-0.2, -0.15) is 5.48 Å². The first-order valence-electron chi connectivity index (χ1n) is 6.65. The molecule has 0 amide bonds. The molecule has 0 unspecified atom stereocenters. The smallest absolute Gasteiger partial charge is 0.305 e. The van der Waals surface area contributed by atoms with Crippen LogP contribution in [0.25, 0.3) is 0 Å². The number of rotatable bonds is 5. The summed E-state index contributed by atoms with van der Waals surface area (Å²) in [6, 6.07) is 0. The van der Waals surface area contributed by atoms with Gasteiger partial charge in [-0.3, -0.25) is 4.79 Å². The van der Waals surface area contributed by atoms with E-state index in [2.05, 4.69) is 40.1 Å². The predicted octanol–water partition coefficient (Wildman–Crippen LogP) is 2.98. The fraction of sp³-hybridized carbons (Fsp3) is 0.929. The van der Waals surface area contributed by atoms with Crippen molar-refractivity contribution in [1.82, 2.24) is 5.48 Å². The van der Waals surface area contributed by atoms with Crippen molar-refractivity contribution >= 4 is 5.97 Å². The van der Waals surface area contributed by atoms with Crippen molar-refractivity contribution in [2.45, 2.75) is 65.8 Å². The maximum atomic E-state index is 10.4. The molecule has 0 heterocycles. The summed E-state index contributed by atoms with van der Waals surface area (Å²) in [6.07, 6.45) is 3.31. The predicted molar refractivity (Wildman–Crippen MR) is 71.2 cm³/mol. The Morgan fingerprint density at radius 3 is 2.06 bits per heavy atom. The lowest BCUT2D eigenvalue weighted by atomic mass is 9.59. The van der Waals surface area contributed by atoms with Gasteiger partial charge in [0.25, 0.3) is 0 Å². The van der Waals surface area contributed by atoms with Gasteiger partial charge < -0.3 is 9.94 Å². The Kier molecular flexibility index (Phi) is 4.44. The van der Waals surface area contributed by atoms with E-state index in [4.69, 9.17) is 9.94 Å². The Hall–Kier alpha value is -0.610. The minimum Gasteiger partial charge on any atom is -0.481 e. The van der Waals surface area contributed by atoms with Crippen molar-refractivity contribution in [3.8, 4) is 0 Å². The van der Waals surface area contributed by atoms with Crippen molar-refractivity contribution in [2.75, 3.05) is 6.61 Å². The highest BCUT2D eigenvalue weighted by molar-refractivity contribution is 5.66. The first-order valence-corrected chi connectivity index (χ1v) is 6.65. The fourth-order valence-electron chi connectivity index (χ4n) is 4.03. The Balaban J connectivity index is 2.53. The Morgan fingerprint density at radius 2 is 1.61 bits per heavy atom. The van der Waals surface area contributed by atoms with Crippen LogP contribution in [0.1, 0.15) is 60.3 Å². The molecule has 1 aliphatic carbocycles. The van der Waals surface area contributed by atoms with Crippen LogP contribution in [0, 0.1) is 10.8 Å². The number of hydrogen-bond donors (Lipinski definition) is 2. The first-order chi connectivity index (χ1) is 8.04. The zero-order valence-corrected chi connectivity index (χ0v) is 12.3. The molecule has 1 rings (SSSR count). The van der Waals surface area contributed by atoms with E-state index in [1.54, 1.807) is 0 Å². The molecule has 0 aromatic carbocycles. The molecule has 106 valence electrons. The van der Waals surface area contributed by atoms with Crippen molar-refractivity contribution in [3.63, 3.8) is 0 Å². The molecule has 1 aliphatic rings. The Morgan fingerprint density at radius 1 is 1.11 bits per heavy atom. The summed E-state index contributed by atoms with van der Waals surface area (Å²) in [5.74, 6) is -0.828. The van der Waals surface area contributed by atoms with E-state index in [-0.39, 0.29) is 29.4 Å². The molecular weight excluding hydrogens is 230 g/mol. The molecule has 0 atom stereocenters. The average Bonchev–Trinajstić information content (AvgIpc) is 2.05. The molecule has 0 radical (unpaired) electrons. The van der Waals surface area contributed by atoms with Crippen LogP contribution >= 0.6 is 0 Å². The van der Waals surface area contributed by atoms with Crippen molar-refractivity contribution < 1.29 is 14.7 Å². The number of carboxylic acid groups (broad SMARTS) is 1. The standard InChI is InChI=1S/C14H27NO3/c1-12(2)8-13(3,4)10-14(5,9-12)15-18-7-6-11(16)17/h15H,6-10H2,1-5H3,(H,16,17). The third-order valence-electron chi connectivity index (χ3n) is 3.43. The van der Waals surface area contributed by atoms with Crippen LogP contribution in [0.2, 0.25) is 0 Å². The van der Waals surface area contributed by atoms with Crippen LogP contribution < -0.4 is 5.48 Å². The second-order valence-corrected chi connectivity index (χ2v) is 7.51. The van der Waals surface area contributed by atoms with Gasteiger partial charge in [0, 0.05) is 5.54 Å². The van der Waals surface area contributed by atoms with Crippen LogP contribution in [0.3, 0.4) is 0 Å². The second kappa shape index (κ2) is 5.17. The van der Waals surface area contributed by atoms with E-state index in [0.29, 0.717) is 0 Å². The largest absolute Gasteiger partial charge is 0.481 e. The maximum Gasteiger partial charge on any atom is 0.305 e. The van der Waals surface area contributed by atoms with E-state index in [1.807, 2.05) is 0 Å². The number of nitrogens with one attached hydrogen (secondary N) is 1. The molecule has 18 heavy (non-hydrogen) atoms. The van der Waals surface area contributed by atoms with E-state index in [1.165, 1.54) is 6.42 Å². The normalized spacial score (nSPS) is 24.7. The molecule has 2 N–H and O–H groups in total. The molecule has 0 saturated heterocycles. The van der Waals surface area contributed by atoms with Gasteiger partial charge in [0.1, 0.15) is 0 Å². The lowest BCUT2D eigenvalue weighted by Gasteiger charge is -2.50. The number of carbonyl (C=O) groups is 1. The van der Waals surface area contributed by atoms with Crippen molar-refractivity contribution in [3.05, 3.63) is 0 Å². The van der Waals surface area contributed by atoms with Gasteiger partial charge in [-0.05, 0) is 37.0 Å². The molecule has 0 bridgehead atoms. The number of carboxylic acids is 1. The van der Waals surface area contributed by atoms with Crippen LogP contribution in [-0.4, -0.2) is 23.2 Å². The third-order valence-corrected chi connectivity index (χ3v) is 3.43. The number of aliphatic carboxylic acids is 1. The van der Waals surface area contributed by atoms with Gasteiger partial charge in [-0.1, -0.05) is 27.7 Å². The van der Waals surface area contributed by atoms with E-state index in [0.717, 1.165) is 12.8 Å². The highest BCUT2D eigenvalue weighted by Gasteiger charge is 2.45. The summed E-state index contributed by atoms with van der Waals surface area (Å²) in [7, 11) is 0. The SMILES string of the molecule is CC1(C)CC(C)(C)CC(C)(NOCCC(=O)O)C1. The quantitative estimate of drug-likeness (QED) is 0.587. The zero-order chi connectivity index (χ0) is 14.0. The van der Waals surface area contributed by atoms with Gasteiger partial charge in [-0.25, -0.2) is 0 Å². The molecule has 0 aromatic rings. The van der Waals surface area contributed by atoms with Crippen LogP contribution in [0.5, 0.6) is 0 Å². The summed E-state index contributed by atoms with van der Waals surface area (Å²) in [6.45, 7) is 11.5. The summed E-state index contributed by atoms with van der Waals surface area (Å²) in [5, 5.41) is 8.57. The van der Waals surface area contributed by atoms with E-state index in [9.17, 15) is 4.79 Å². The highest BCUT2D eigenvalue weighted by Crippen LogP contribution is 2.49. The number of hydroxylamine groups is 1.